The molecule has 1 saturated carbocycles. The normalized spacial score (nSPS) is 26.0. The molecule has 0 radical (unpaired) electrons. The van der Waals surface area contributed by atoms with E-state index in [0.717, 1.165) is 43.3 Å². The maximum atomic E-state index is 4.85. The lowest BCUT2D eigenvalue weighted by Crippen LogP contribution is -2.48. The lowest BCUT2D eigenvalue weighted by molar-refractivity contribution is 0.322. The van der Waals surface area contributed by atoms with E-state index in [9.17, 15) is 0 Å². The van der Waals surface area contributed by atoms with Crippen LogP contribution in [0, 0.1) is 5.92 Å². The molecule has 0 amide bonds. The molecule has 2 rings (SSSR count). The number of rotatable bonds is 4. The fourth-order valence-electron chi connectivity index (χ4n) is 2.48. The van der Waals surface area contributed by atoms with E-state index < -0.39 is 0 Å². The third-order valence-electron chi connectivity index (χ3n) is 3.95. The van der Waals surface area contributed by atoms with Crippen molar-refractivity contribution in [2.24, 2.45) is 10.9 Å². The fraction of sp³-hybridized carbons (Fsp3) is 0.929. The Morgan fingerprint density at radius 2 is 2.22 bits per heavy atom. The average molecular weight is 269 g/mol. The molecule has 104 valence electrons. The minimum Gasteiger partial charge on any atom is -0.357 e. The van der Waals surface area contributed by atoms with Gasteiger partial charge in [0, 0.05) is 37.2 Å². The predicted molar refractivity (Wildman–Crippen MR) is 81.4 cm³/mol. The molecule has 1 saturated heterocycles. The number of aliphatic imine (C=N–C) groups is 1. The van der Waals surface area contributed by atoms with Crippen LogP contribution in [0.5, 0.6) is 0 Å². The van der Waals surface area contributed by atoms with Gasteiger partial charge in [-0.25, -0.2) is 0 Å². The van der Waals surface area contributed by atoms with Crippen molar-refractivity contribution in [3.05, 3.63) is 0 Å². The van der Waals surface area contributed by atoms with Crippen molar-refractivity contribution in [3.63, 3.8) is 0 Å². The van der Waals surface area contributed by atoms with Crippen molar-refractivity contribution in [2.45, 2.75) is 44.8 Å². The molecular weight excluding hydrogens is 242 g/mol. The second-order valence-electron chi connectivity index (χ2n) is 5.34. The molecule has 1 aliphatic carbocycles. The molecule has 1 atom stereocenters. The largest absolute Gasteiger partial charge is 0.357 e. The van der Waals surface area contributed by atoms with Gasteiger partial charge >= 0.3 is 0 Å². The fourth-order valence-corrected chi connectivity index (χ4v) is 3.66. The highest BCUT2D eigenvalue weighted by molar-refractivity contribution is 8.00. The number of hydrogen-bond donors (Lipinski definition) is 1. The molecule has 4 heteroatoms. The summed E-state index contributed by atoms with van der Waals surface area (Å²) in [7, 11) is 0. The predicted octanol–water partition coefficient (Wildman–Crippen LogP) is 2.58. The SMILES string of the molecule is CCNC(=NCC1CCC1)N1CCSC(CC)C1. The highest BCUT2D eigenvalue weighted by Crippen LogP contribution is 2.26. The summed E-state index contributed by atoms with van der Waals surface area (Å²) in [6.45, 7) is 8.77. The van der Waals surface area contributed by atoms with Gasteiger partial charge in [0.2, 0.25) is 0 Å². The monoisotopic (exact) mass is 269 g/mol. The van der Waals surface area contributed by atoms with Crippen LogP contribution >= 0.6 is 11.8 Å². The van der Waals surface area contributed by atoms with E-state index in [1.54, 1.807) is 0 Å². The Hall–Kier alpha value is -0.380. The smallest absolute Gasteiger partial charge is 0.193 e. The van der Waals surface area contributed by atoms with E-state index in [-0.39, 0.29) is 0 Å². The quantitative estimate of drug-likeness (QED) is 0.628. The molecule has 0 aromatic rings. The van der Waals surface area contributed by atoms with Crippen molar-refractivity contribution in [3.8, 4) is 0 Å². The Morgan fingerprint density at radius 3 is 2.83 bits per heavy atom. The summed E-state index contributed by atoms with van der Waals surface area (Å²) < 4.78 is 0. The molecule has 1 aliphatic heterocycles. The first-order valence-corrected chi connectivity index (χ1v) is 8.53. The van der Waals surface area contributed by atoms with Crippen LogP contribution in [0.15, 0.2) is 4.99 Å². The van der Waals surface area contributed by atoms with E-state index in [4.69, 9.17) is 4.99 Å². The van der Waals surface area contributed by atoms with Crippen LogP contribution in [-0.4, -0.2) is 48.0 Å². The molecular formula is C14H27N3S. The van der Waals surface area contributed by atoms with E-state index in [0.29, 0.717) is 0 Å². The van der Waals surface area contributed by atoms with Gasteiger partial charge in [-0.05, 0) is 32.1 Å². The number of nitrogens with one attached hydrogen (secondary N) is 1. The van der Waals surface area contributed by atoms with Gasteiger partial charge < -0.3 is 10.2 Å². The Bertz CT molecular complexity index is 276. The van der Waals surface area contributed by atoms with E-state index in [2.05, 4.69) is 35.8 Å². The van der Waals surface area contributed by atoms with Gasteiger partial charge in [-0.15, -0.1) is 0 Å². The summed E-state index contributed by atoms with van der Waals surface area (Å²) >= 11 is 2.12. The van der Waals surface area contributed by atoms with Gasteiger partial charge in [0.1, 0.15) is 0 Å². The van der Waals surface area contributed by atoms with Crippen molar-refractivity contribution in [2.75, 3.05) is 31.9 Å². The maximum absolute atomic E-state index is 4.85. The van der Waals surface area contributed by atoms with Crippen LogP contribution in [-0.2, 0) is 0 Å². The highest BCUT2D eigenvalue weighted by Gasteiger charge is 2.22. The van der Waals surface area contributed by atoms with Crippen LogP contribution in [0.2, 0.25) is 0 Å². The highest BCUT2D eigenvalue weighted by atomic mass is 32.2. The lowest BCUT2D eigenvalue weighted by atomic mass is 9.86. The third kappa shape index (κ3) is 3.81. The summed E-state index contributed by atoms with van der Waals surface area (Å²) in [6, 6.07) is 0. The summed E-state index contributed by atoms with van der Waals surface area (Å²) in [5.74, 6) is 3.26. The topological polar surface area (TPSA) is 27.6 Å². The standard InChI is InChI=1S/C14H27N3S/c1-3-13-11-17(8-9-18-13)14(15-4-2)16-10-12-6-5-7-12/h12-13H,3-11H2,1-2H3,(H,15,16). The minimum absolute atomic E-state index is 0.784. The van der Waals surface area contributed by atoms with E-state index in [1.807, 2.05) is 0 Å². The number of thioether (sulfide) groups is 1. The third-order valence-corrected chi connectivity index (χ3v) is 5.32. The molecule has 18 heavy (non-hydrogen) atoms. The van der Waals surface area contributed by atoms with E-state index in [1.165, 1.54) is 31.4 Å². The molecule has 3 nitrogen and oxygen atoms in total. The molecule has 0 aromatic heterocycles. The molecule has 2 aliphatic rings. The Morgan fingerprint density at radius 1 is 1.39 bits per heavy atom. The summed E-state index contributed by atoms with van der Waals surface area (Å²) in [5, 5.41) is 4.25. The Kier molecular flexibility index (Phi) is 5.67. The molecule has 0 spiro atoms. The zero-order valence-electron chi connectivity index (χ0n) is 11.8. The van der Waals surface area contributed by atoms with Crippen molar-refractivity contribution in [1.29, 1.82) is 0 Å². The maximum Gasteiger partial charge on any atom is 0.193 e. The first kappa shape index (κ1) is 14.0. The van der Waals surface area contributed by atoms with Crippen LogP contribution < -0.4 is 5.32 Å². The van der Waals surface area contributed by atoms with Gasteiger partial charge in [-0.1, -0.05) is 13.3 Å². The molecule has 1 N–H and O–H groups in total. The number of guanidine groups is 1. The van der Waals surface area contributed by atoms with Crippen molar-refractivity contribution >= 4 is 17.7 Å². The van der Waals surface area contributed by atoms with Crippen LogP contribution in [0.4, 0.5) is 0 Å². The summed E-state index contributed by atoms with van der Waals surface area (Å²) in [4.78, 5) is 7.32. The molecule has 1 unspecified atom stereocenters. The summed E-state index contributed by atoms with van der Waals surface area (Å²) in [6.07, 6.45) is 5.45. The van der Waals surface area contributed by atoms with Crippen LogP contribution in [0.25, 0.3) is 0 Å². The van der Waals surface area contributed by atoms with Gasteiger partial charge in [0.05, 0.1) is 0 Å². The van der Waals surface area contributed by atoms with Gasteiger partial charge in [-0.3, -0.25) is 4.99 Å². The number of hydrogen-bond acceptors (Lipinski definition) is 2. The molecule has 0 bridgehead atoms. The Balaban J connectivity index is 1.89. The zero-order valence-corrected chi connectivity index (χ0v) is 12.6. The van der Waals surface area contributed by atoms with Crippen LogP contribution in [0.3, 0.4) is 0 Å². The van der Waals surface area contributed by atoms with Crippen LogP contribution in [0.1, 0.15) is 39.5 Å². The van der Waals surface area contributed by atoms with E-state index >= 15 is 0 Å². The first-order chi connectivity index (χ1) is 8.83. The van der Waals surface area contributed by atoms with Gasteiger partial charge in [0.25, 0.3) is 0 Å². The Labute approximate surface area is 116 Å². The number of nitrogens with zero attached hydrogens (tertiary/aromatic N) is 2. The molecule has 2 fully saturated rings. The van der Waals surface area contributed by atoms with Crippen molar-refractivity contribution in [1.82, 2.24) is 10.2 Å². The first-order valence-electron chi connectivity index (χ1n) is 7.48. The molecule has 1 heterocycles. The minimum atomic E-state index is 0.784. The second-order valence-corrected chi connectivity index (χ2v) is 6.75. The van der Waals surface area contributed by atoms with Crippen molar-refractivity contribution < 1.29 is 0 Å². The second kappa shape index (κ2) is 7.27. The lowest BCUT2D eigenvalue weighted by Gasteiger charge is -2.35. The molecule has 0 aromatic carbocycles. The average Bonchev–Trinajstić information content (AvgIpc) is 2.36. The van der Waals surface area contributed by atoms with Gasteiger partial charge in [0.15, 0.2) is 5.96 Å². The zero-order chi connectivity index (χ0) is 12.8. The summed E-state index contributed by atoms with van der Waals surface area (Å²) in [5.41, 5.74) is 0. The van der Waals surface area contributed by atoms with Gasteiger partial charge in [-0.2, -0.15) is 11.8 Å².